The second kappa shape index (κ2) is 31.7. The summed E-state index contributed by atoms with van der Waals surface area (Å²) in [7, 11) is -16.6. The molecule has 0 radical (unpaired) electrons. The Morgan fingerprint density at radius 2 is 0.940 bits per heavy atom. The van der Waals surface area contributed by atoms with Crippen molar-refractivity contribution in [3.63, 3.8) is 0 Å². The number of Topliss-reactive ketones (excluding diaryl/α,β-unsaturated/α-hetero) is 6. The largest absolute Gasteiger partial charge is 1.00 e. The summed E-state index contributed by atoms with van der Waals surface area (Å²) in [6.07, 6.45) is 0.565. The van der Waals surface area contributed by atoms with Crippen molar-refractivity contribution in [3.8, 4) is 0 Å². The number of rotatable bonds is 2. The van der Waals surface area contributed by atoms with Crippen molar-refractivity contribution in [3.05, 3.63) is 211 Å². The van der Waals surface area contributed by atoms with Gasteiger partial charge in [-0.1, -0.05) is 84.2 Å². The van der Waals surface area contributed by atoms with E-state index in [4.69, 9.17) is 25.3 Å². The molecule has 0 fully saturated rings. The predicted molar refractivity (Wildman–Crippen MR) is 291 cm³/mol. The molecule has 0 bridgehead atoms. The minimum atomic E-state index is -5.19. The number of hydrogen-bond donors (Lipinski definition) is 3. The van der Waals surface area contributed by atoms with Gasteiger partial charge in [-0.15, -0.1) is 25.3 Å². The molecule has 6 aromatic rings. The van der Waals surface area contributed by atoms with E-state index in [-0.39, 0.29) is 251 Å². The van der Waals surface area contributed by atoms with Gasteiger partial charge in [0.15, 0.2) is 17.3 Å². The molecule has 3 aliphatic carbocycles. The van der Waals surface area contributed by atoms with Crippen molar-refractivity contribution in [1.82, 2.24) is 0 Å². The summed E-state index contributed by atoms with van der Waals surface area (Å²) in [6.45, 7) is 0. The van der Waals surface area contributed by atoms with Crippen LogP contribution in [-0.4, -0.2) is 85.9 Å². The first kappa shape index (κ1) is 75.9. The van der Waals surface area contributed by atoms with Crippen molar-refractivity contribution >= 4 is 157 Å². The van der Waals surface area contributed by atoms with Crippen LogP contribution in [0.3, 0.4) is 0 Å². The molecule has 84 heavy (non-hydrogen) atoms. The summed E-state index contributed by atoms with van der Waals surface area (Å²) in [5.74, 6) is -1.79. The van der Waals surface area contributed by atoms with Gasteiger partial charge in [-0.05, 0) is 81.2 Å². The first-order chi connectivity index (χ1) is 37.6. The number of allylic oxidation sites excluding steroid dienone is 6. The van der Waals surface area contributed by atoms with E-state index >= 15 is 0 Å². The van der Waals surface area contributed by atoms with Crippen LogP contribution in [0.1, 0.15) is 78.8 Å². The number of hydrogen-bond acceptors (Lipinski definition) is 21. The monoisotopic (exact) mass is 1570 g/mol. The molecule has 0 unspecified atom stereocenters. The Morgan fingerprint density at radius 1 is 0.476 bits per heavy atom. The molecule has 3 aliphatic heterocycles. The fourth-order valence-electron chi connectivity index (χ4n) is 9.07. The standard InChI is InChI=1S/C17H7Br4NO2.C17H9NO8S2.C17H11NO2.4K.2O3S/c18-6-1-9-8(12(20)3-6)5-11(16(9)23)15-17(24)10-2-7(19)4-13(21)14(10)22-15;19-16-11-5-8(27(21,22)23)6-14(28(24,25)26)10(11)7-12(16)15-17(20)9-3-1-2-4-13(9)18-15;19-16-11-6-2-1-5-10(11)9-13(16)15-17(20)12-7-3-4-8-14(12)18-15;;;;;2*1-4(2)3/h1-4,22H,5H2;2-3,5-6,18H,7H2,(H,21,22,23)(H,24,25,26);1-8,18H,9H2;;;;;;/q;-2;;4*+1;;/p-2/b15-11-;15-12-;15-13-;;;;;;. The Morgan fingerprint density at radius 3 is 1.50 bits per heavy atom. The molecule has 3 heterocycles. The third-order valence-electron chi connectivity index (χ3n) is 12.4. The van der Waals surface area contributed by atoms with Crippen LogP contribution in [0.15, 0.2) is 159 Å². The van der Waals surface area contributed by atoms with Crippen LogP contribution in [0.5, 0.6) is 0 Å². The maximum absolute atomic E-state index is 12.8. The van der Waals surface area contributed by atoms with Gasteiger partial charge in [0.2, 0.25) is 11.6 Å². The number of carbonyl (C=O) groups excluding carboxylic acids is 6. The zero-order chi connectivity index (χ0) is 58.4. The van der Waals surface area contributed by atoms with Crippen LogP contribution < -0.4 is 221 Å². The van der Waals surface area contributed by atoms with Gasteiger partial charge in [-0.3, -0.25) is 30.0 Å². The molecule has 0 atom stereocenters. The van der Waals surface area contributed by atoms with E-state index in [0.29, 0.717) is 81.1 Å². The maximum atomic E-state index is 12.8. The first-order valence-electron chi connectivity index (χ1n) is 22.0. The molecule has 0 aromatic heterocycles. The SMILES string of the molecule is O=C1/C(=C2\Cc3c(cc(S(=O)(=O)[O-])cc3S(=O)(=O)[O-])C2=O)Nc2[c-]c[c-]cc21.O=C1/C(=C2\Nc3c(Br)cc(Br)cc3C2=O)Cc2c(Br)cc(Br)cc21.O=C1/C(=C2\Nc3ccccc3C2=O)Cc2ccccc21.O=S(=O)=O.O=S(=O)=O.[K+].[K+].[K+].[K+]. The molecule has 33 heteroatoms. The van der Waals surface area contributed by atoms with E-state index in [1.807, 2.05) is 54.6 Å². The number of fused-ring (bicyclic) bond motifs is 6. The molecular formula is C51H25Br4K4N3O18S4. The van der Waals surface area contributed by atoms with Gasteiger partial charge in [0.25, 0.3) is 0 Å². The smallest absolute Gasteiger partial charge is 0.744 e. The van der Waals surface area contributed by atoms with E-state index in [1.165, 1.54) is 12.1 Å². The van der Waals surface area contributed by atoms with Crippen molar-refractivity contribution in [1.29, 1.82) is 0 Å². The summed E-state index contributed by atoms with van der Waals surface area (Å²) in [5.41, 5.74) is 7.37. The molecule has 21 nitrogen and oxygen atoms in total. The second-order valence-corrected chi connectivity index (χ2v) is 24.1. The van der Waals surface area contributed by atoms with E-state index < -0.39 is 74.8 Å². The van der Waals surface area contributed by atoms with Gasteiger partial charge in [-0.2, -0.15) is 11.3 Å². The van der Waals surface area contributed by atoms with E-state index in [1.54, 1.807) is 18.2 Å². The van der Waals surface area contributed by atoms with Crippen LogP contribution in [-0.2, 0) is 60.7 Å². The summed E-state index contributed by atoms with van der Waals surface area (Å²) in [6, 6.07) is 31.6. The maximum Gasteiger partial charge on any atom is 1.00 e. The fourth-order valence-corrected chi connectivity index (χ4v) is 13.1. The Balaban J connectivity index is 0.000000250. The van der Waals surface area contributed by atoms with Crippen LogP contribution in [0.25, 0.3) is 0 Å². The van der Waals surface area contributed by atoms with Gasteiger partial charge in [0.05, 0.1) is 32.6 Å². The molecule has 0 spiro atoms. The molecule has 0 saturated heterocycles. The predicted octanol–water partition coefficient (Wildman–Crippen LogP) is -4.57. The molecular weight excluding hydrogens is 1550 g/mol. The summed E-state index contributed by atoms with van der Waals surface area (Å²) in [5, 5.41) is 8.96. The normalized spacial score (nSPS) is 16.9. The zero-order valence-electron chi connectivity index (χ0n) is 43.4. The van der Waals surface area contributed by atoms with E-state index in [9.17, 15) is 54.7 Å². The van der Waals surface area contributed by atoms with Gasteiger partial charge < -0.3 is 48.0 Å². The van der Waals surface area contributed by atoms with Crippen LogP contribution in [0.2, 0.25) is 0 Å². The molecule has 0 saturated carbocycles. The average molecular weight is 1570 g/mol. The van der Waals surface area contributed by atoms with Crippen molar-refractivity contribution in [2.24, 2.45) is 0 Å². The van der Waals surface area contributed by atoms with Gasteiger partial charge in [-0.25, -0.2) is 16.8 Å². The van der Waals surface area contributed by atoms with Crippen molar-refractivity contribution in [2.45, 2.75) is 29.1 Å². The van der Waals surface area contributed by atoms with E-state index in [0.717, 1.165) is 34.7 Å². The Bertz CT molecular complexity index is 4280. The number of nitrogens with one attached hydrogen (secondary N) is 3. The second-order valence-electron chi connectivity index (χ2n) is 17.0. The zero-order valence-corrected chi connectivity index (χ0v) is 65.5. The van der Waals surface area contributed by atoms with Gasteiger partial charge in [0, 0.05) is 87.4 Å². The van der Waals surface area contributed by atoms with Crippen LogP contribution >= 0.6 is 63.7 Å². The first-order valence-corrected chi connectivity index (χ1v) is 30.0. The van der Waals surface area contributed by atoms with Gasteiger partial charge in [0.1, 0.15) is 26.0 Å². The minimum Gasteiger partial charge on any atom is -0.744 e. The molecule has 0 amide bonds. The van der Waals surface area contributed by atoms with Gasteiger partial charge >= 0.3 is 227 Å². The Kier molecular flexibility index (Phi) is 28.6. The minimum absolute atomic E-state index is 0. The summed E-state index contributed by atoms with van der Waals surface area (Å²) < 4.78 is 123. The Labute approximate surface area is 684 Å². The number of carbonyl (C=O) groups is 6. The van der Waals surface area contributed by atoms with Crippen LogP contribution in [0.4, 0.5) is 17.1 Å². The van der Waals surface area contributed by atoms with Crippen molar-refractivity contribution < 1.29 is 285 Å². The van der Waals surface area contributed by atoms with Crippen LogP contribution in [0, 0.1) is 12.1 Å². The third kappa shape index (κ3) is 16.9. The van der Waals surface area contributed by atoms with Crippen molar-refractivity contribution in [2.75, 3.05) is 16.0 Å². The molecule has 12 rings (SSSR count). The molecule has 6 aliphatic rings. The number of para-hydroxylation sites is 1. The van der Waals surface area contributed by atoms with E-state index in [2.05, 4.69) is 91.8 Å². The third-order valence-corrected chi connectivity index (χ3v) is 16.4. The topological polar surface area (TPSA) is 355 Å². The summed E-state index contributed by atoms with van der Waals surface area (Å²) in [4.78, 5) is 73.8. The fraction of sp³-hybridized carbons (Fsp3) is 0.0588. The number of anilines is 3. The molecule has 6 aromatic carbocycles. The quantitative estimate of drug-likeness (QED) is 0.0636. The Hall–Kier alpha value is -0.515. The number of halogens is 4. The number of benzene rings is 6. The molecule has 408 valence electrons. The average Bonchev–Trinajstić information content (AvgIpc) is 4.06. The molecule has 3 N–H and O–H groups in total. The number of ketones is 6. The summed E-state index contributed by atoms with van der Waals surface area (Å²) >= 11 is 13.8.